The molecule has 0 spiro atoms. The summed E-state index contributed by atoms with van der Waals surface area (Å²) in [5.41, 5.74) is 3.00. The van der Waals surface area contributed by atoms with Crippen LogP contribution >= 0.6 is 12.2 Å². The molecule has 7 heteroatoms. The second kappa shape index (κ2) is 10.0. The van der Waals surface area contributed by atoms with E-state index in [0.717, 1.165) is 23.2 Å². The third-order valence-corrected chi connectivity index (χ3v) is 4.59. The van der Waals surface area contributed by atoms with Crippen molar-refractivity contribution in [2.24, 2.45) is 0 Å². The van der Waals surface area contributed by atoms with E-state index >= 15 is 0 Å². The van der Waals surface area contributed by atoms with Crippen molar-refractivity contribution >= 4 is 28.9 Å². The standard InChI is InChI=1S/C23H24N2O4S/c1-3-11-28-18-6-4-5-17(12-18)22(27)25-23(30)24-20-13-16(8-7-15(20)2)21-10-9-19(14-26)29-21/h4-10,12-13,26H,3,11,14H2,1-2H3,(H2,24,25,27,30). The molecule has 0 bridgehead atoms. The highest BCUT2D eigenvalue weighted by atomic mass is 32.1. The lowest BCUT2D eigenvalue weighted by molar-refractivity contribution is 0.0977. The van der Waals surface area contributed by atoms with Crippen LogP contribution in [0.1, 0.15) is 35.0 Å². The van der Waals surface area contributed by atoms with Gasteiger partial charge >= 0.3 is 0 Å². The quantitative estimate of drug-likeness (QED) is 0.479. The topological polar surface area (TPSA) is 83.7 Å². The normalized spacial score (nSPS) is 10.5. The van der Waals surface area contributed by atoms with Gasteiger partial charge in [-0.2, -0.15) is 0 Å². The molecular weight excluding hydrogens is 400 g/mol. The van der Waals surface area contributed by atoms with Crippen molar-refractivity contribution in [3.63, 3.8) is 0 Å². The van der Waals surface area contributed by atoms with E-state index in [2.05, 4.69) is 10.6 Å². The highest BCUT2D eigenvalue weighted by Gasteiger charge is 2.12. The maximum atomic E-state index is 12.5. The number of aryl methyl sites for hydroxylation is 1. The summed E-state index contributed by atoms with van der Waals surface area (Å²) in [5.74, 6) is 1.46. The van der Waals surface area contributed by atoms with E-state index in [4.69, 9.17) is 21.4 Å². The van der Waals surface area contributed by atoms with Crippen LogP contribution in [0.15, 0.2) is 59.0 Å². The van der Waals surface area contributed by atoms with Crippen LogP contribution in [-0.2, 0) is 6.61 Å². The van der Waals surface area contributed by atoms with Gasteiger partial charge in [0.1, 0.15) is 23.9 Å². The number of anilines is 1. The number of ether oxygens (including phenoxy) is 1. The number of furan rings is 1. The van der Waals surface area contributed by atoms with Gasteiger partial charge in [-0.1, -0.05) is 25.1 Å². The summed E-state index contributed by atoms with van der Waals surface area (Å²) in [6.45, 7) is 4.40. The fourth-order valence-electron chi connectivity index (χ4n) is 2.80. The minimum atomic E-state index is -0.318. The van der Waals surface area contributed by atoms with Gasteiger partial charge in [-0.3, -0.25) is 10.1 Å². The van der Waals surface area contributed by atoms with Crippen molar-refractivity contribution in [1.82, 2.24) is 5.32 Å². The number of carbonyl (C=O) groups is 1. The number of rotatable bonds is 7. The molecule has 0 aliphatic carbocycles. The van der Waals surface area contributed by atoms with E-state index in [0.29, 0.717) is 29.4 Å². The Morgan fingerprint density at radius 1 is 1.17 bits per heavy atom. The molecule has 0 aliphatic heterocycles. The van der Waals surface area contributed by atoms with Crippen LogP contribution in [0.25, 0.3) is 11.3 Å². The number of aliphatic hydroxyl groups excluding tert-OH is 1. The molecular formula is C23H24N2O4S. The van der Waals surface area contributed by atoms with Crippen LogP contribution < -0.4 is 15.4 Å². The summed E-state index contributed by atoms with van der Waals surface area (Å²) in [6, 6.07) is 16.2. The molecule has 0 fully saturated rings. The zero-order valence-corrected chi connectivity index (χ0v) is 17.7. The van der Waals surface area contributed by atoms with Crippen molar-refractivity contribution in [2.75, 3.05) is 11.9 Å². The molecule has 0 unspecified atom stereocenters. The molecule has 1 aromatic heterocycles. The summed E-state index contributed by atoms with van der Waals surface area (Å²) in [6.07, 6.45) is 0.891. The van der Waals surface area contributed by atoms with Gasteiger partial charge < -0.3 is 19.6 Å². The molecule has 2 aromatic carbocycles. The number of benzene rings is 2. The molecule has 1 heterocycles. The molecule has 3 rings (SSSR count). The van der Waals surface area contributed by atoms with E-state index in [1.165, 1.54) is 0 Å². The van der Waals surface area contributed by atoms with Gasteiger partial charge in [-0.05, 0) is 67.5 Å². The Morgan fingerprint density at radius 3 is 2.73 bits per heavy atom. The maximum absolute atomic E-state index is 12.5. The number of aliphatic hydroxyl groups is 1. The van der Waals surface area contributed by atoms with Gasteiger partial charge in [0, 0.05) is 16.8 Å². The second-order valence-electron chi connectivity index (χ2n) is 6.74. The SMILES string of the molecule is CCCOc1cccc(C(=O)NC(=S)Nc2cc(-c3ccc(CO)o3)ccc2C)c1. The summed E-state index contributed by atoms with van der Waals surface area (Å²) < 4.78 is 11.2. The number of nitrogens with one attached hydrogen (secondary N) is 2. The maximum Gasteiger partial charge on any atom is 0.257 e. The lowest BCUT2D eigenvalue weighted by Crippen LogP contribution is -2.34. The highest BCUT2D eigenvalue weighted by Crippen LogP contribution is 2.27. The molecule has 6 nitrogen and oxygen atoms in total. The van der Waals surface area contributed by atoms with E-state index in [1.54, 1.807) is 30.3 Å². The zero-order valence-electron chi connectivity index (χ0n) is 16.9. The first-order valence-electron chi connectivity index (χ1n) is 9.66. The van der Waals surface area contributed by atoms with E-state index in [9.17, 15) is 9.90 Å². The summed E-state index contributed by atoms with van der Waals surface area (Å²) in [5, 5.41) is 15.1. The van der Waals surface area contributed by atoms with Crippen molar-refractivity contribution in [3.8, 4) is 17.1 Å². The molecule has 1 amide bonds. The smallest absolute Gasteiger partial charge is 0.257 e. The van der Waals surface area contributed by atoms with Crippen LogP contribution in [0.3, 0.4) is 0 Å². The first-order valence-corrected chi connectivity index (χ1v) is 10.1. The van der Waals surface area contributed by atoms with Crippen molar-refractivity contribution in [1.29, 1.82) is 0 Å². The van der Waals surface area contributed by atoms with Gasteiger partial charge in [-0.25, -0.2) is 0 Å². The van der Waals surface area contributed by atoms with E-state index in [-0.39, 0.29) is 17.6 Å². The van der Waals surface area contributed by atoms with Gasteiger partial charge in [0.25, 0.3) is 5.91 Å². The average Bonchev–Trinajstić information content (AvgIpc) is 3.23. The first kappa shape index (κ1) is 21.5. The van der Waals surface area contributed by atoms with Gasteiger partial charge in [0.05, 0.1) is 6.61 Å². The minimum absolute atomic E-state index is 0.155. The number of carbonyl (C=O) groups excluding carboxylic acids is 1. The molecule has 156 valence electrons. The number of hydrogen-bond donors (Lipinski definition) is 3. The molecule has 3 N–H and O–H groups in total. The van der Waals surface area contributed by atoms with Crippen LogP contribution in [0.5, 0.6) is 5.75 Å². The Balaban J connectivity index is 1.68. The fourth-order valence-corrected chi connectivity index (χ4v) is 3.01. The van der Waals surface area contributed by atoms with Gasteiger partial charge in [0.2, 0.25) is 0 Å². The van der Waals surface area contributed by atoms with Gasteiger partial charge in [-0.15, -0.1) is 0 Å². The minimum Gasteiger partial charge on any atom is -0.494 e. The number of hydrogen-bond acceptors (Lipinski definition) is 5. The van der Waals surface area contributed by atoms with Crippen molar-refractivity contribution in [2.45, 2.75) is 26.9 Å². The van der Waals surface area contributed by atoms with Crippen LogP contribution in [0, 0.1) is 6.92 Å². The summed E-state index contributed by atoms with van der Waals surface area (Å²) >= 11 is 5.33. The predicted octanol–water partition coefficient (Wildman–Crippen LogP) is 4.66. The first-order chi connectivity index (χ1) is 14.5. The fraction of sp³-hybridized carbons (Fsp3) is 0.217. The second-order valence-corrected chi connectivity index (χ2v) is 7.15. The largest absolute Gasteiger partial charge is 0.494 e. The molecule has 0 radical (unpaired) electrons. The van der Waals surface area contributed by atoms with E-state index in [1.807, 2.05) is 38.1 Å². The highest BCUT2D eigenvalue weighted by molar-refractivity contribution is 7.80. The van der Waals surface area contributed by atoms with E-state index < -0.39 is 0 Å². The number of amides is 1. The molecule has 0 aliphatic rings. The Morgan fingerprint density at radius 2 is 2.00 bits per heavy atom. The van der Waals surface area contributed by atoms with Crippen LogP contribution in [-0.4, -0.2) is 22.7 Å². The third-order valence-electron chi connectivity index (χ3n) is 4.38. The monoisotopic (exact) mass is 424 g/mol. The van der Waals surface area contributed by atoms with Crippen LogP contribution in [0.4, 0.5) is 5.69 Å². The van der Waals surface area contributed by atoms with Gasteiger partial charge in [0.15, 0.2) is 5.11 Å². The predicted molar refractivity (Wildman–Crippen MR) is 121 cm³/mol. The molecule has 0 atom stereocenters. The summed E-state index contributed by atoms with van der Waals surface area (Å²) in [4.78, 5) is 12.5. The Labute approximate surface area is 180 Å². The van der Waals surface area contributed by atoms with Crippen LogP contribution in [0.2, 0.25) is 0 Å². The molecule has 3 aromatic rings. The lowest BCUT2D eigenvalue weighted by Gasteiger charge is -2.13. The zero-order chi connectivity index (χ0) is 21.5. The third kappa shape index (κ3) is 5.46. The summed E-state index contributed by atoms with van der Waals surface area (Å²) in [7, 11) is 0. The lowest BCUT2D eigenvalue weighted by atomic mass is 10.1. The Kier molecular flexibility index (Phi) is 7.21. The Hall–Kier alpha value is -3.16. The average molecular weight is 425 g/mol. The number of thiocarbonyl (C=S) groups is 1. The molecule has 30 heavy (non-hydrogen) atoms. The van der Waals surface area contributed by atoms with Crippen molar-refractivity contribution < 1.29 is 19.1 Å². The molecule has 0 saturated carbocycles. The Bertz CT molecular complexity index is 1050. The van der Waals surface area contributed by atoms with Crippen molar-refractivity contribution in [3.05, 3.63) is 71.5 Å². The molecule has 0 saturated heterocycles.